The van der Waals surface area contributed by atoms with Gasteiger partial charge in [-0.2, -0.15) is 13.2 Å². The highest BCUT2D eigenvalue weighted by Crippen LogP contribution is 2.30. The Morgan fingerprint density at radius 3 is 2.62 bits per heavy atom. The van der Waals surface area contributed by atoms with Gasteiger partial charge >= 0.3 is 6.18 Å². The molecule has 3 rings (SSSR count). The van der Waals surface area contributed by atoms with Crippen molar-refractivity contribution in [2.24, 2.45) is 0 Å². The quantitative estimate of drug-likeness (QED) is 0.856. The Bertz CT molecular complexity index is 791. The number of carbonyl (C=O) groups is 1. The van der Waals surface area contributed by atoms with Gasteiger partial charge in [0.1, 0.15) is 11.1 Å². The van der Waals surface area contributed by atoms with Gasteiger partial charge in [0.05, 0.1) is 24.3 Å². The number of aromatic nitrogens is 1. The van der Waals surface area contributed by atoms with Crippen molar-refractivity contribution in [2.45, 2.75) is 18.7 Å². The molecule has 1 fully saturated rings. The van der Waals surface area contributed by atoms with Crippen LogP contribution in [0.2, 0.25) is 5.02 Å². The van der Waals surface area contributed by atoms with E-state index in [0.717, 1.165) is 18.6 Å². The zero-order valence-electron chi connectivity index (χ0n) is 13.3. The molecular formula is C17H14ClF3N2O3. The second kappa shape index (κ2) is 7.51. The lowest BCUT2D eigenvalue weighted by Crippen LogP contribution is -2.17. The lowest BCUT2D eigenvalue weighted by molar-refractivity contribution is -0.137. The van der Waals surface area contributed by atoms with E-state index in [1.807, 2.05) is 0 Å². The Labute approximate surface area is 152 Å². The molecule has 5 nitrogen and oxygen atoms in total. The van der Waals surface area contributed by atoms with Gasteiger partial charge in [-0.25, -0.2) is 4.98 Å². The number of nitrogens with zero attached hydrogens (tertiary/aromatic N) is 1. The lowest BCUT2D eigenvalue weighted by Gasteiger charge is -2.13. The molecule has 1 saturated heterocycles. The Morgan fingerprint density at radius 1 is 1.31 bits per heavy atom. The average molecular weight is 387 g/mol. The van der Waals surface area contributed by atoms with Gasteiger partial charge in [0.15, 0.2) is 0 Å². The Hall–Kier alpha value is -2.32. The minimum absolute atomic E-state index is 0.133. The zero-order chi connectivity index (χ0) is 18.7. The summed E-state index contributed by atoms with van der Waals surface area (Å²) in [4.78, 5) is 16.2. The predicted octanol–water partition coefficient (Wildman–Crippen LogP) is 4.17. The Kier molecular flexibility index (Phi) is 5.33. The van der Waals surface area contributed by atoms with Gasteiger partial charge in [-0.3, -0.25) is 4.79 Å². The Morgan fingerprint density at radius 2 is 2.04 bits per heavy atom. The number of halogens is 4. The van der Waals surface area contributed by atoms with E-state index in [9.17, 15) is 18.0 Å². The number of hydrogen-bond donors (Lipinski definition) is 1. The van der Waals surface area contributed by atoms with Crippen LogP contribution in [0.5, 0.6) is 5.88 Å². The molecule has 0 saturated carbocycles. The molecule has 1 atom stereocenters. The lowest BCUT2D eigenvalue weighted by atomic mass is 10.2. The van der Waals surface area contributed by atoms with E-state index in [-0.39, 0.29) is 28.3 Å². The summed E-state index contributed by atoms with van der Waals surface area (Å²) in [5, 5.41) is 2.65. The third-order valence-electron chi connectivity index (χ3n) is 3.71. The number of nitrogens with one attached hydrogen (secondary N) is 1. The predicted molar refractivity (Wildman–Crippen MR) is 88.5 cm³/mol. The highest BCUT2D eigenvalue weighted by molar-refractivity contribution is 6.32. The molecular weight excluding hydrogens is 373 g/mol. The first-order chi connectivity index (χ1) is 12.3. The van der Waals surface area contributed by atoms with Gasteiger partial charge in [-0.05, 0) is 30.3 Å². The number of alkyl halides is 3. The zero-order valence-corrected chi connectivity index (χ0v) is 14.1. The van der Waals surface area contributed by atoms with Crippen molar-refractivity contribution in [3.63, 3.8) is 0 Å². The molecule has 26 heavy (non-hydrogen) atoms. The maximum atomic E-state index is 12.5. The van der Waals surface area contributed by atoms with E-state index in [2.05, 4.69) is 10.3 Å². The summed E-state index contributed by atoms with van der Waals surface area (Å²) >= 11 is 6.09. The highest BCUT2D eigenvalue weighted by Gasteiger charge is 2.30. The first-order valence-corrected chi connectivity index (χ1v) is 8.09. The first kappa shape index (κ1) is 18.5. The molecule has 9 heteroatoms. The fourth-order valence-electron chi connectivity index (χ4n) is 2.35. The number of anilines is 1. The van der Waals surface area contributed by atoms with Gasteiger partial charge in [-0.1, -0.05) is 11.6 Å². The fraction of sp³-hybridized carbons (Fsp3) is 0.294. The monoisotopic (exact) mass is 386 g/mol. The molecule has 0 radical (unpaired) electrons. The Balaban J connectivity index is 1.66. The topological polar surface area (TPSA) is 60.5 Å². The van der Waals surface area contributed by atoms with Gasteiger partial charge in [0, 0.05) is 18.3 Å². The highest BCUT2D eigenvalue weighted by atomic mass is 35.5. The second-order valence-electron chi connectivity index (χ2n) is 5.64. The smallest absolute Gasteiger partial charge is 0.416 e. The summed E-state index contributed by atoms with van der Waals surface area (Å²) < 4.78 is 48.4. The van der Waals surface area contributed by atoms with Crippen molar-refractivity contribution in [2.75, 3.05) is 18.5 Å². The van der Waals surface area contributed by atoms with Crippen LogP contribution in [0, 0.1) is 0 Å². The number of hydrogen-bond acceptors (Lipinski definition) is 4. The standard InChI is InChI=1S/C17H14ClF3N2O3/c18-14-7-10(8-22-16(14)26-13-5-6-25-9-13)15(24)23-12-3-1-11(2-4-12)17(19,20)21/h1-4,7-8,13H,5-6,9H2,(H,23,24). The van der Waals surface area contributed by atoms with Crippen LogP contribution in [0.4, 0.5) is 18.9 Å². The van der Waals surface area contributed by atoms with Crippen molar-refractivity contribution < 1.29 is 27.4 Å². The van der Waals surface area contributed by atoms with Gasteiger partial charge in [0.25, 0.3) is 5.91 Å². The number of rotatable bonds is 4. The number of amides is 1. The molecule has 2 aromatic rings. The molecule has 1 N–H and O–H groups in total. The van der Waals surface area contributed by atoms with E-state index >= 15 is 0 Å². The maximum Gasteiger partial charge on any atom is 0.416 e. The van der Waals surface area contributed by atoms with E-state index < -0.39 is 17.6 Å². The van der Waals surface area contributed by atoms with Crippen LogP contribution in [0.1, 0.15) is 22.3 Å². The molecule has 1 aliphatic rings. The minimum Gasteiger partial charge on any atom is -0.471 e. The summed E-state index contributed by atoms with van der Waals surface area (Å²) in [6.07, 6.45) is -2.54. The van der Waals surface area contributed by atoms with Gasteiger partial charge < -0.3 is 14.8 Å². The molecule has 1 aromatic heterocycles. The van der Waals surface area contributed by atoms with Crippen LogP contribution in [-0.4, -0.2) is 30.2 Å². The van der Waals surface area contributed by atoms with Crippen molar-refractivity contribution in [1.29, 1.82) is 0 Å². The molecule has 1 amide bonds. The third kappa shape index (κ3) is 4.44. The molecule has 1 aromatic carbocycles. The summed E-state index contributed by atoms with van der Waals surface area (Å²) in [6.45, 7) is 1.06. The van der Waals surface area contributed by atoms with Crippen LogP contribution >= 0.6 is 11.6 Å². The van der Waals surface area contributed by atoms with Crippen LogP contribution < -0.4 is 10.1 Å². The van der Waals surface area contributed by atoms with Crippen LogP contribution in [-0.2, 0) is 10.9 Å². The molecule has 0 aliphatic carbocycles. The first-order valence-electron chi connectivity index (χ1n) is 7.71. The summed E-state index contributed by atoms with van der Waals surface area (Å²) in [7, 11) is 0. The summed E-state index contributed by atoms with van der Waals surface area (Å²) in [6, 6.07) is 5.52. The van der Waals surface area contributed by atoms with Crippen LogP contribution in [0.25, 0.3) is 0 Å². The van der Waals surface area contributed by atoms with Gasteiger partial charge in [-0.15, -0.1) is 0 Å². The molecule has 0 bridgehead atoms. The normalized spacial score (nSPS) is 17.2. The molecule has 0 spiro atoms. The van der Waals surface area contributed by atoms with E-state index in [1.165, 1.54) is 24.4 Å². The van der Waals surface area contributed by atoms with E-state index in [1.54, 1.807) is 0 Å². The fourth-order valence-corrected chi connectivity index (χ4v) is 2.56. The van der Waals surface area contributed by atoms with Crippen LogP contribution in [0.15, 0.2) is 36.5 Å². The van der Waals surface area contributed by atoms with E-state index in [4.69, 9.17) is 21.1 Å². The van der Waals surface area contributed by atoms with E-state index in [0.29, 0.717) is 13.2 Å². The minimum atomic E-state index is -4.43. The SMILES string of the molecule is O=C(Nc1ccc(C(F)(F)F)cc1)c1cnc(OC2CCOC2)c(Cl)c1. The molecule has 138 valence electrons. The molecule has 1 aliphatic heterocycles. The summed E-state index contributed by atoms with van der Waals surface area (Å²) in [5.74, 6) is -0.344. The van der Waals surface area contributed by atoms with Crippen molar-refractivity contribution in [3.05, 3.63) is 52.7 Å². The molecule has 1 unspecified atom stereocenters. The maximum absolute atomic E-state index is 12.5. The largest absolute Gasteiger partial charge is 0.471 e. The molecule has 2 heterocycles. The average Bonchev–Trinajstić information content (AvgIpc) is 3.09. The number of ether oxygens (including phenoxy) is 2. The third-order valence-corrected chi connectivity index (χ3v) is 3.98. The van der Waals surface area contributed by atoms with Crippen molar-refractivity contribution in [1.82, 2.24) is 4.98 Å². The van der Waals surface area contributed by atoms with Gasteiger partial charge in [0.2, 0.25) is 5.88 Å². The van der Waals surface area contributed by atoms with Crippen molar-refractivity contribution in [3.8, 4) is 5.88 Å². The van der Waals surface area contributed by atoms with Crippen LogP contribution in [0.3, 0.4) is 0 Å². The summed E-state index contributed by atoms with van der Waals surface area (Å²) in [5.41, 5.74) is -0.412. The number of benzene rings is 1. The van der Waals surface area contributed by atoms with Crippen molar-refractivity contribution >= 4 is 23.2 Å². The number of pyridine rings is 1. The second-order valence-corrected chi connectivity index (χ2v) is 6.05. The number of carbonyl (C=O) groups excluding carboxylic acids is 1.